The van der Waals surface area contributed by atoms with Crippen molar-refractivity contribution in [2.24, 2.45) is 5.92 Å². The molecule has 0 amide bonds. The van der Waals surface area contributed by atoms with E-state index in [-0.39, 0.29) is 17.9 Å². The number of hydrogen-bond acceptors (Lipinski definition) is 4. The molecule has 1 fully saturated rings. The molecule has 0 aliphatic carbocycles. The molecule has 0 unspecified atom stereocenters. The quantitative estimate of drug-likeness (QED) is 0.605. The van der Waals surface area contributed by atoms with Gasteiger partial charge in [-0.25, -0.2) is 8.42 Å². The van der Waals surface area contributed by atoms with Gasteiger partial charge in [-0.15, -0.1) is 0 Å². The minimum Gasteiger partial charge on any atom is -0.460 e. The number of nitrogens with zero attached hydrogens (tertiary/aromatic N) is 1. The molecule has 5 nitrogen and oxygen atoms in total. The number of aryl methyl sites for hydroxylation is 1. The fourth-order valence-electron chi connectivity index (χ4n) is 4.15. The van der Waals surface area contributed by atoms with E-state index in [4.69, 9.17) is 4.74 Å². The second kappa shape index (κ2) is 9.53. The summed E-state index contributed by atoms with van der Waals surface area (Å²) >= 11 is 0. The van der Waals surface area contributed by atoms with Crippen LogP contribution in [0.1, 0.15) is 51.2 Å². The van der Waals surface area contributed by atoms with Crippen molar-refractivity contribution in [3.05, 3.63) is 65.7 Å². The summed E-state index contributed by atoms with van der Waals surface area (Å²) in [6, 6.07) is 16.7. The zero-order valence-corrected chi connectivity index (χ0v) is 19.7. The van der Waals surface area contributed by atoms with Crippen molar-refractivity contribution >= 4 is 16.0 Å². The Kier molecular flexibility index (Phi) is 7.22. The smallest absolute Gasteiger partial charge is 0.306 e. The zero-order valence-electron chi connectivity index (χ0n) is 18.9. The maximum absolute atomic E-state index is 13.4. The SMILES string of the molecule is Cc1ccc(S(=O)(=O)N2CC[C@H](CC(=O)OC(C)(C)C)C[C@@H]2Cc2ccccc2)cc1. The van der Waals surface area contributed by atoms with Crippen LogP contribution >= 0.6 is 0 Å². The Bertz CT molecular complexity index is 978. The minimum absolute atomic E-state index is 0.105. The second-order valence-corrected chi connectivity index (χ2v) is 11.3. The largest absolute Gasteiger partial charge is 0.460 e. The van der Waals surface area contributed by atoms with E-state index in [1.165, 1.54) is 0 Å². The van der Waals surface area contributed by atoms with Gasteiger partial charge >= 0.3 is 5.97 Å². The molecule has 2 aromatic carbocycles. The molecule has 1 saturated heterocycles. The minimum atomic E-state index is -3.61. The lowest BCUT2D eigenvalue weighted by Crippen LogP contribution is -2.47. The molecule has 2 atom stereocenters. The van der Waals surface area contributed by atoms with Gasteiger partial charge in [-0.1, -0.05) is 48.0 Å². The summed E-state index contributed by atoms with van der Waals surface area (Å²) in [5.74, 6) is -0.112. The van der Waals surface area contributed by atoms with Crippen molar-refractivity contribution in [1.29, 1.82) is 0 Å². The molecule has 1 aliphatic heterocycles. The predicted molar refractivity (Wildman–Crippen MR) is 122 cm³/mol. The number of sulfonamides is 1. The lowest BCUT2D eigenvalue weighted by molar-refractivity contribution is -0.156. The number of carbonyl (C=O) groups is 1. The molecule has 0 spiro atoms. The molecule has 2 aromatic rings. The van der Waals surface area contributed by atoms with Crippen LogP contribution in [0.5, 0.6) is 0 Å². The van der Waals surface area contributed by atoms with Gasteiger partial charge in [0.15, 0.2) is 0 Å². The Morgan fingerprint density at radius 3 is 2.32 bits per heavy atom. The van der Waals surface area contributed by atoms with Gasteiger partial charge in [-0.05, 0) is 70.6 Å². The highest BCUT2D eigenvalue weighted by molar-refractivity contribution is 7.89. The van der Waals surface area contributed by atoms with Gasteiger partial charge in [0.2, 0.25) is 10.0 Å². The highest BCUT2D eigenvalue weighted by Crippen LogP contribution is 2.32. The second-order valence-electron chi connectivity index (χ2n) is 9.45. The van der Waals surface area contributed by atoms with Crippen molar-refractivity contribution in [1.82, 2.24) is 4.31 Å². The molecule has 1 aliphatic rings. The average molecular weight is 444 g/mol. The van der Waals surface area contributed by atoms with Crippen LogP contribution in [0.25, 0.3) is 0 Å². The molecule has 6 heteroatoms. The fraction of sp³-hybridized carbons (Fsp3) is 0.480. The normalized spacial score (nSPS) is 20.4. The Morgan fingerprint density at radius 2 is 1.71 bits per heavy atom. The number of rotatable bonds is 6. The van der Waals surface area contributed by atoms with Crippen LogP contribution in [0.15, 0.2) is 59.5 Å². The Morgan fingerprint density at radius 1 is 1.06 bits per heavy atom. The number of carbonyl (C=O) groups excluding carboxylic acids is 1. The molecular weight excluding hydrogens is 410 g/mol. The molecule has 0 aromatic heterocycles. The van der Waals surface area contributed by atoms with Crippen LogP contribution in [-0.2, 0) is 26.0 Å². The Hall–Kier alpha value is -2.18. The third-order valence-electron chi connectivity index (χ3n) is 5.59. The summed E-state index contributed by atoms with van der Waals surface area (Å²) < 4.78 is 34.0. The summed E-state index contributed by atoms with van der Waals surface area (Å²) in [4.78, 5) is 12.7. The van der Waals surface area contributed by atoms with E-state index in [9.17, 15) is 13.2 Å². The first kappa shape index (κ1) is 23.5. The lowest BCUT2D eigenvalue weighted by Gasteiger charge is -2.38. The zero-order chi connectivity index (χ0) is 22.6. The standard InChI is InChI=1S/C25H33NO4S/c1-19-10-12-23(13-11-19)31(28,29)26-15-14-21(18-24(27)30-25(2,3)4)17-22(26)16-20-8-6-5-7-9-20/h5-13,21-22H,14-18H2,1-4H3/t21-,22-/m0/s1. The third kappa shape index (κ3) is 6.40. The maximum atomic E-state index is 13.4. The van der Waals surface area contributed by atoms with Crippen LogP contribution in [0, 0.1) is 12.8 Å². The lowest BCUT2D eigenvalue weighted by atomic mass is 9.87. The maximum Gasteiger partial charge on any atom is 0.306 e. The van der Waals surface area contributed by atoms with E-state index in [1.807, 2.05) is 70.2 Å². The van der Waals surface area contributed by atoms with Crippen molar-refractivity contribution < 1.29 is 17.9 Å². The van der Waals surface area contributed by atoms with E-state index < -0.39 is 15.6 Å². The molecule has 0 N–H and O–H groups in total. The van der Waals surface area contributed by atoms with Gasteiger partial charge in [0.1, 0.15) is 5.60 Å². The molecule has 0 saturated carbocycles. The van der Waals surface area contributed by atoms with Crippen molar-refractivity contribution in [3.8, 4) is 0 Å². The Labute approximate surface area is 186 Å². The topological polar surface area (TPSA) is 63.7 Å². The third-order valence-corrected chi connectivity index (χ3v) is 7.55. The fourth-order valence-corrected chi connectivity index (χ4v) is 5.80. The van der Waals surface area contributed by atoms with Gasteiger partial charge in [0, 0.05) is 19.0 Å². The first-order valence-electron chi connectivity index (χ1n) is 10.9. The van der Waals surface area contributed by atoms with Crippen LogP contribution in [0.2, 0.25) is 0 Å². The molecule has 31 heavy (non-hydrogen) atoms. The number of esters is 1. The number of benzene rings is 2. The highest BCUT2D eigenvalue weighted by atomic mass is 32.2. The Balaban J connectivity index is 1.81. The van der Waals surface area contributed by atoms with Crippen molar-refractivity contribution in [2.75, 3.05) is 6.54 Å². The summed E-state index contributed by atoms with van der Waals surface area (Å²) in [6.07, 6.45) is 2.23. The van der Waals surface area contributed by atoms with Crippen LogP contribution in [-0.4, -0.2) is 36.9 Å². The van der Waals surface area contributed by atoms with Gasteiger partial charge in [-0.2, -0.15) is 4.31 Å². The molecule has 0 radical (unpaired) electrons. The molecule has 3 rings (SSSR count). The predicted octanol–water partition coefficient (Wildman–Crippen LogP) is 4.74. The number of ether oxygens (including phenoxy) is 1. The molecular formula is C25H33NO4S. The van der Waals surface area contributed by atoms with Crippen LogP contribution in [0.3, 0.4) is 0 Å². The van der Waals surface area contributed by atoms with E-state index >= 15 is 0 Å². The summed E-state index contributed by atoms with van der Waals surface area (Å²) in [5, 5.41) is 0. The van der Waals surface area contributed by atoms with E-state index in [0.717, 1.165) is 11.1 Å². The monoisotopic (exact) mass is 443 g/mol. The number of hydrogen-bond donors (Lipinski definition) is 0. The van der Waals surface area contributed by atoms with Gasteiger partial charge < -0.3 is 4.74 Å². The summed E-state index contributed by atoms with van der Waals surface area (Å²) in [6.45, 7) is 7.93. The van der Waals surface area contributed by atoms with Gasteiger partial charge in [0.25, 0.3) is 0 Å². The van der Waals surface area contributed by atoms with E-state index in [2.05, 4.69) is 0 Å². The van der Waals surface area contributed by atoms with E-state index in [0.29, 0.717) is 37.1 Å². The molecule has 1 heterocycles. The van der Waals surface area contributed by atoms with Gasteiger partial charge in [0.05, 0.1) is 4.90 Å². The molecule has 168 valence electrons. The highest BCUT2D eigenvalue weighted by Gasteiger charge is 2.37. The van der Waals surface area contributed by atoms with Crippen molar-refractivity contribution in [3.63, 3.8) is 0 Å². The first-order chi connectivity index (χ1) is 14.5. The molecule has 0 bridgehead atoms. The van der Waals surface area contributed by atoms with Crippen LogP contribution in [0.4, 0.5) is 0 Å². The average Bonchev–Trinajstić information content (AvgIpc) is 2.67. The van der Waals surface area contributed by atoms with Crippen LogP contribution < -0.4 is 0 Å². The summed E-state index contributed by atoms with van der Waals surface area (Å²) in [5.41, 5.74) is 1.60. The van der Waals surface area contributed by atoms with Gasteiger partial charge in [-0.3, -0.25) is 4.79 Å². The van der Waals surface area contributed by atoms with Crippen molar-refractivity contribution in [2.45, 2.75) is 69.9 Å². The number of piperidine rings is 1. The first-order valence-corrected chi connectivity index (χ1v) is 12.3. The summed E-state index contributed by atoms with van der Waals surface area (Å²) in [7, 11) is -3.61. The van der Waals surface area contributed by atoms with E-state index in [1.54, 1.807) is 16.4 Å².